The predicted octanol–water partition coefficient (Wildman–Crippen LogP) is 3.69. The quantitative estimate of drug-likeness (QED) is 0.693. The van der Waals surface area contributed by atoms with E-state index in [-0.39, 0.29) is 17.9 Å². The second-order valence-electron chi connectivity index (χ2n) is 5.82. The van der Waals surface area contributed by atoms with Crippen molar-refractivity contribution in [2.75, 3.05) is 19.0 Å². The number of rotatable bonds is 8. The van der Waals surface area contributed by atoms with Crippen molar-refractivity contribution in [2.24, 2.45) is 0 Å². The number of nitrogens with one attached hydrogen (secondary N) is 1. The second-order valence-corrected chi connectivity index (χ2v) is 5.82. The molecule has 0 bridgehead atoms. The van der Waals surface area contributed by atoms with Crippen molar-refractivity contribution in [3.05, 3.63) is 59.2 Å². The number of benzene rings is 2. The van der Waals surface area contributed by atoms with Crippen LogP contribution in [0.25, 0.3) is 0 Å². The van der Waals surface area contributed by atoms with Crippen molar-refractivity contribution >= 4 is 17.6 Å². The van der Waals surface area contributed by atoms with Crippen LogP contribution in [0, 0.1) is 11.6 Å². The minimum atomic E-state index is -1.20. The average molecular weight is 393 g/mol. The Balaban J connectivity index is 2.05. The molecule has 8 heteroatoms. The Hall–Kier alpha value is -3.00. The SMILES string of the molecule is CCOCc1cc(C(=O)O[C@H](C)C(=O)Nc2ccc(F)cc2F)ccc1OC. The molecule has 28 heavy (non-hydrogen) atoms. The largest absolute Gasteiger partial charge is 0.496 e. The van der Waals surface area contributed by atoms with Crippen molar-refractivity contribution in [1.82, 2.24) is 0 Å². The summed E-state index contributed by atoms with van der Waals surface area (Å²) in [4.78, 5) is 24.5. The lowest BCUT2D eigenvalue weighted by Gasteiger charge is -2.15. The number of carbonyl (C=O) groups is 2. The molecular weight excluding hydrogens is 372 g/mol. The molecule has 2 rings (SSSR count). The van der Waals surface area contributed by atoms with Crippen LogP contribution >= 0.6 is 0 Å². The first-order chi connectivity index (χ1) is 13.3. The van der Waals surface area contributed by atoms with E-state index in [1.165, 1.54) is 20.1 Å². The number of amides is 1. The van der Waals surface area contributed by atoms with Gasteiger partial charge in [0.25, 0.3) is 5.91 Å². The molecule has 150 valence electrons. The summed E-state index contributed by atoms with van der Waals surface area (Å²) in [6.45, 7) is 3.93. The first kappa shape index (κ1) is 21.3. The molecule has 6 nitrogen and oxygen atoms in total. The summed E-state index contributed by atoms with van der Waals surface area (Å²) >= 11 is 0. The van der Waals surface area contributed by atoms with Crippen molar-refractivity contribution in [1.29, 1.82) is 0 Å². The van der Waals surface area contributed by atoms with Gasteiger partial charge < -0.3 is 19.5 Å². The van der Waals surface area contributed by atoms with Crippen LogP contribution in [0.5, 0.6) is 5.75 Å². The zero-order valence-corrected chi connectivity index (χ0v) is 15.8. The van der Waals surface area contributed by atoms with Gasteiger partial charge in [-0.05, 0) is 44.2 Å². The first-order valence-corrected chi connectivity index (χ1v) is 8.57. The third-order valence-corrected chi connectivity index (χ3v) is 3.82. The van der Waals surface area contributed by atoms with E-state index < -0.39 is 29.6 Å². The fraction of sp³-hybridized carbons (Fsp3) is 0.300. The lowest BCUT2D eigenvalue weighted by atomic mass is 10.1. The number of anilines is 1. The molecule has 1 amide bonds. The number of ether oxygens (including phenoxy) is 3. The average Bonchev–Trinajstić information content (AvgIpc) is 2.67. The second kappa shape index (κ2) is 9.80. The molecule has 2 aromatic carbocycles. The van der Waals surface area contributed by atoms with Crippen LogP contribution < -0.4 is 10.1 Å². The number of methoxy groups -OCH3 is 1. The van der Waals surface area contributed by atoms with Gasteiger partial charge >= 0.3 is 5.97 Å². The molecule has 0 saturated heterocycles. The molecule has 0 aliphatic rings. The molecule has 2 aromatic rings. The van der Waals surface area contributed by atoms with Gasteiger partial charge in [-0.25, -0.2) is 13.6 Å². The molecule has 0 aromatic heterocycles. The number of hydrogen-bond acceptors (Lipinski definition) is 5. The van der Waals surface area contributed by atoms with E-state index in [4.69, 9.17) is 14.2 Å². The highest BCUT2D eigenvalue weighted by Crippen LogP contribution is 2.22. The van der Waals surface area contributed by atoms with E-state index in [1.54, 1.807) is 12.1 Å². The zero-order chi connectivity index (χ0) is 20.7. The summed E-state index contributed by atoms with van der Waals surface area (Å²) in [6.07, 6.45) is -1.20. The molecule has 0 spiro atoms. The minimum Gasteiger partial charge on any atom is -0.496 e. The van der Waals surface area contributed by atoms with Crippen molar-refractivity contribution in [3.63, 3.8) is 0 Å². The van der Waals surface area contributed by atoms with E-state index in [9.17, 15) is 18.4 Å². The number of carbonyl (C=O) groups excluding carboxylic acids is 2. The molecule has 0 saturated carbocycles. The molecule has 0 aliphatic heterocycles. The van der Waals surface area contributed by atoms with Crippen LogP contribution in [0.1, 0.15) is 29.8 Å². The minimum absolute atomic E-state index is 0.210. The van der Waals surface area contributed by atoms with E-state index in [2.05, 4.69) is 5.32 Å². The molecule has 0 aliphatic carbocycles. The Morgan fingerprint density at radius 3 is 2.54 bits per heavy atom. The van der Waals surface area contributed by atoms with Crippen LogP contribution in [0.3, 0.4) is 0 Å². The summed E-state index contributed by atoms with van der Waals surface area (Å²) in [5.74, 6) is -2.62. The monoisotopic (exact) mass is 393 g/mol. The fourth-order valence-corrected chi connectivity index (χ4v) is 2.34. The summed E-state index contributed by atoms with van der Waals surface area (Å²) in [7, 11) is 1.50. The summed E-state index contributed by atoms with van der Waals surface area (Å²) in [5.41, 5.74) is 0.658. The Labute approximate surface area is 161 Å². The Kier molecular flexibility index (Phi) is 7.45. The van der Waals surface area contributed by atoms with Crippen LogP contribution in [-0.4, -0.2) is 31.7 Å². The number of hydrogen-bond donors (Lipinski definition) is 1. The molecule has 0 unspecified atom stereocenters. The molecule has 0 fully saturated rings. The lowest BCUT2D eigenvalue weighted by molar-refractivity contribution is -0.123. The van der Waals surface area contributed by atoms with E-state index >= 15 is 0 Å². The maximum absolute atomic E-state index is 13.6. The van der Waals surface area contributed by atoms with Gasteiger partial charge in [-0.1, -0.05) is 0 Å². The maximum atomic E-state index is 13.6. The number of halogens is 2. The topological polar surface area (TPSA) is 73.9 Å². The lowest BCUT2D eigenvalue weighted by Crippen LogP contribution is -2.30. The molecule has 0 radical (unpaired) electrons. The fourth-order valence-electron chi connectivity index (χ4n) is 2.34. The molecular formula is C20H21F2NO5. The van der Waals surface area contributed by atoms with Crippen LogP contribution in [0.4, 0.5) is 14.5 Å². The van der Waals surface area contributed by atoms with E-state index in [0.29, 0.717) is 24.0 Å². The van der Waals surface area contributed by atoms with Gasteiger partial charge in [-0.3, -0.25) is 4.79 Å². The molecule has 0 heterocycles. The highest BCUT2D eigenvalue weighted by Gasteiger charge is 2.21. The third kappa shape index (κ3) is 5.50. The first-order valence-electron chi connectivity index (χ1n) is 8.57. The van der Waals surface area contributed by atoms with Crippen LogP contribution in [-0.2, 0) is 20.9 Å². The van der Waals surface area contributed by atoms with Gasteiger partial charge in [0.05, 0.1) is 25.0 Å². The van der Waals surface area contributed by atoms with Gasteiger partial charge in [0.15, 0.2) is 6.10 Å². The van der Waals surface area contributed by atoms with Gasteiger partial charge in [0.1, 0.15) is 17.4 Å². The highest BCUT2D eigenvalue weighted by molar-refractivity contribution is 5.97. The van der Waals surface area contributed by atoms with E-state index in [1.807, 2.05) is 6.92 Å². The molecule has 1 atom stereocenters. The van der Waals surface area contributed by atoms with Gasteiger partial charge in [-0.2, -0.15) is 0 Å². The Morgan fingerprint density at radius 1 is 1.14 bits per heavy atom. The summed E-state index contributed by atoms with van der Waals surface area (Å²) in [6, 6.07) is 7.39. The Bertz CT molecular complexity index is 856. The summed E-state index contributed by atoms with van der Waals surface area (Å²) in [5, 5.41) is 2.25. The smallest absolute Gasteiger partial charge is 0.338 e. The van der Waals surface area contributed by atoms with Crippen molar-refractivity contribution < 1.29 is 32.6 Å². The van der Waals surface area contributed by atoms with E-state index in [0.717, 1.165) is 12.1 Å². The normalized spacial score (nSPS) is 11.6. The van der Waals surface area contributed by atoms with Gasteiger partial charge in [-0.15, -0.1) is 0 Å². The van der Waals surface area contributed by atoms with Crippen molar-refractivity contribution in [2.45, 2.75) is 26.6 Å². The van der Waals surface area contributed by atoms with Crippen LogP contribution in [0.15, 0.2) is 36.4 Å². The predicted molar refractivity (Wildman–Crippen MR) is 98.2 cm³/mol. The van der Waals surface area contributed by atoms with Crippen LogP contribution in [0.2, 0.25) is 0 Å². The standard InChI is InChI=1S/C20H21F2NO5/c1-4-27-11-14-9-13(5-8-18(14)26-3)20(25)28-12(2)19(24)23-17-7-6-15(21)10-16(17)22/h5-10,12H,4,11H2,1-3H3,(H,23,24)/t12-/m1/s1. The maximum Gasteiger partial charge on any atom is 0.338 e. The Morgan fingerprint density at radius 2 is 1.89 bits per heavy atom. The third-order valence-electron chi connectivity index (χ3n) is 3.82. The summed E-state index contributed by atoms with van der Waals surface area (Å²) < 4.78 is 42.3. The molecule has 1 N–H and O–H groups in total. The van der Waals surface area contributed by atoms with Gasteiger partial charge in [0, 0.05) is 18.2 Å². The van der Waals surface area contributed by atoms with Crippen molar-refractivity contribution in [3.8, 4) is 5.75 Å². The van der Waals surface area contributed by atoms with Gasteiger partial charge in [0.2, 0.25) is 0 Å². The highest BCUT2D eigenvalue weighted by atomic mass is 19.1. The number of esters is 1. The zero-order valence-electron chi connectivity index (χ0n) is 15.8.